The van der Waals surface area contributed by atoms with Crippen molar-refractivity contribution in [2.24, 2.45) is 22.7 Å². The standard InChI is InChI=1S/C15H24O/c1-10-11-8-7-9-12(16-6)13(11)15(4,5)14(10,2)3/h7,9-11H,8H2,1-6H3. The Morgan fingerprint density at radius 3 is 2.44 bits per heavy atom. The van der Waals surface area contributed by atoms with Crippen LogP contribution in [0.25, 0.3) is 0 Å². The third kappa shape index (κ3) is 1.23. The smallest absolute Gasteiger partial charge is 0.118 e. The largest absolute Gasteiger partial charge is 0.497 e. The molecule has 1 fully saturated rings. The molecule has 1 saturated carbocycles. The summed E-state index contributed by atoms with van der Waals surface area (Å²) in [5.41, 5.74) is 2.10. The van der Waals surface area contributed by atoms with Crippen molar-refractivity contribution in [1.82, 2.24) is 0 Å². The summed E-state index contributed by atoms with van der Waals surface area (Å²) in [4.78, 5) is 0. The first-order valence-electron chi connectivity index (χ1n) is 6.29. The van der Waals surface area contributed by atoms with E-state index < -0.39 is 0 Å². The normalized spacial score (nSPS) is 35.1. The van der Waals surface area contributed by atoms with Gasteiger partial charge < -0.3 is 4.74 Å². The van der Waals surface area contributed by atoms with Gasteiger partial charge in [-0.2, -0.15) is 0 Å². The second-order valence-electron chi connectivity index (χ2n) is 6.36. The SMILES string of the molecule is COC1=C2C(CC=C1)C(C)C(C)(C)C2(C)C. The zero-order chi connectivity index (χ0) is 12.1. The molecule has 0 amide bonds. The summed E-state index contributed by atoms with van der Waals surface area (Å²) in [5.74, 6) is 2.50. The van der Waals surface area contributed by atoms with Crippen LogP contribution in [0.2, 0.25) is 0 Å². The van der Waals surface area contributed by atoms with Crippen molar-refractivity contribution in [3.8, 4) is 0 Å². The van der Waals surface area contributed by atoms with Gasteiger partial charge in [-0.15, -0.1) is 0 Å². The van der Waals surface area contributed by atoms with Crippen LogP contribution in [0.3, 0.4) is 0 Å². The highest BCUT2D eigenvalue weighted by atomic mass is 16.5. The van der Waals surface area contributed by atoms with E-state index in [-0.39, 0.29) is 5.41 Å². The minimum Gasteiger partial charge on any atom is -0.497 e. The highest BCUT2D eigenvalue weighted by molar-refractivity contribution is 5.38. The van der Waals surface area contributed by atoms with Gasteiger partial charge in [0.05, 0.1) is 7.11 Å². The molecule has 2 atom stereocenters. The zero-order valence-electron chi connectivity index (χ0n) is 11.4. The summed E-state index contributed by atoms with van der Waals surface area (Å²) in [6.07, 6.45) is 5.60. The van der Waals surface area contributed by atoms with Gasteiger partial charge in [-0.25, -0.2) is 0 Å². The van der Waals surface area contributed by atoms with E-state index in [1.54, 1.807) is 7.11 Å². The van der Waals surface area contributed by atoms with Crippen molar-refractivity contribution >= 4 is 0 Å². The molecule has 0 aromatic rings. The molecule has 0 aromatic carbocycles. The van der Waals surface area contributed by atoms with Crippen molar-refractivity contribution < 1.29 is 4.74 Å². The van der Waals surface area contributed by atoms with Crippen LogP contribution in [0.4, 0.5) is 0 Å². The molecule has 2 unspecified atom stereocenters. The van der Waals surface area contributed by atoms with Gasteiger partial charge in [0, 0.05) is 0 Å². The summed E-state index contributed by atoms with van der Waals surface area (Å²) in [6.45, 7) is 11.9. The maximum Gasteiger partial charge on any atom is 0.118 e. The van der Waals surface area contributed by atoms with Gasteiger partial charge in [0.15, 0.2) is 0 Å². The molecule has 0 aliphatic heterocycles. The maximum atomic E-state index is 5.58. The first-order chi connectivity index (χ1) is 7.34. The predicted molar refractivity (Wildman–Crippen MR) is 68.0 cm³/mol. The summed E-state index contributed by atoms with van der Waals surface area (Å²) in [7, 11) is 1.79. The highest BCUT2D eigenvalue weighted by Crippen LogP contribution is 2.63. The molecule has 16 heavy (non-hydrogen) atoms. The molecular formula is C15H24O. The fourth-order valence-electron chi connectivity index (χ4n) is 3.53. The molecule has 0 heterocycles. The Morgan fingerprint density at radius 2 is 1.88 bits per heavy atom. The Morgan fingerprint density at radius 1 is 1.25 bits per heavy atom. The van der Waals surface area contributed by atoms with Gasteiger partial charge in [0.1, 0.15) is 5.76 Å². The molecule has 1 nitrogen and oxygen atoms in total. The van der Waals surface area contributed by atoms with Gasteiger partial charge in [-0.3, -0.25) is 0 Å². The van der Waals surface area contributed by atoms with E-state index in [0.29, 0.717) is 17.3 Å². The zero-order valence-corrected chi connectivity index (χ0v) is 11.4. The molecule has 0 spiro atoms. The molecule has 0 radical (unpaired) electrons. The number of hydrogen-bond acceptors (Lipinski definition) is 1. The molecule has 2 rings (SSSR count). The Hall–Kier alpha value is -0.720. The lowest BCUT2D eigenvalue weighted by Gasteiger charge is -2.38. The van der Waals surface area contributed by atoms with E-state index >= 15 is 0 Å². The van der Waals surface area contributed by atoms with E-state index in [0.717, 1.165) is 5.76 Å². The van der Waals surface area contributed by atoms with E-state index in [1.165, 1.54) is 12.0 Å². The first-order valence-corrected chi connectivity index (χ1v) is 6.29. The molecule has 1 heteroatoms. The van der Waals surface area contributed by atoms with Crippen LogP contribution < -0.4 is 0 Å². The van der Waals surface area contributed by atoms with Gasteiger partial charge in [-0.05, 0) is 40.7 Å². The van der Waals surface area contributed by atoms with E-state index in [1.807, 2.05) is 0 Å². The van der Waals surface area contributed by atoms with Crippen molar-refractivity contribution in [2.75, 3.05) is 7.11 Å². The van der Waals surface area contributed by atoms with E-state index in [4.69, 9.17) is 4.74 Å². The lowest BCUT2D eigenvalue weighted by atomic mass is 9.66. The monoisotopic (exact) mass is 220 g/mol. The van der Waals surface area contributed by atoms with Crippen LogP contribution in [0.1, 0.15) is 41.0 Å². The lowest BCUT2D eigenvalue weighted by Crippen LogP contribution is -2.31. The van der Waals surface area contributed by atoms with Crippen molar-refractivity contribution in [3.05, 3.63) is 23.5 Å². The summed E-state index contributed by atoms with van der Waals surface area (Å²) >= 11 is 0. The molecule has 0 bridgehead atoms. The molecular weight excluding hydrogens is 196 g/mol. The summed E-state index contributed by atoms with van der Waals surface area (Å²) in [6, 6.07) is 0. The summed E-state index contributed by atoms with van der Waals surface area (Å²) in [5, 5.41) is 0. The van der Waals surface area contributed by atoms with Crippen LogP contribution in [-0.4, -0.2) is 7.11 Å². The second-order valence-corrected chi connectivity index (χ2v) is 6.36. The van der Waals surface area contributed by atoms with Gasteiger partial charge in [0.25, 0.3) is 0 Å². The Balaban J connectivity index is 2.59. The van der Waals surface area contributed by atoms with Crippen LogP contribution >= 0.6 is 0 Å². The molecule has 2 aliphatic carbocycles. The fraction of sp³-hybridized carbons (Fsp3) is 0.733. The van der Waals surface area contributed by atoms with Crippen molar-refractivity contribution in [1.29, 1.82) is 0 Å². The highest BCUT2D eigenvalue weighted by Gasteiger charge is 2.56. The van der Waals surface area contributed by atoms with Crippen LogP contribution in [-0.2, 0) is 4.74 Å². The lowest BCUT2D eigenvalue weighted by molar-refractivity contribution is 0.124. The second kappa shape index (κ2) is 3.38. The third-order valence-electron chi connectivity index (χ3n) is 5.54. The van der Waals surface area contributed by atoms with Gasteiger partial charge in [0.2, 0.25) is 0 Å². The number of allylic oxidation sites excluding steroid dienone is 3. The minimum absolute atomic E-state index is 0.229. The van der Waals surface area contributed by atoms with Gasteiger partial charge in [-0.1, -0.05) is 40.7 Å². The molecule has 0 aromatic heterocycles. The minimum atomic E-state index is 0.229. The van der Waals surface area contributed by atoms with E-state index in [9.17, 15) is 0 Å². The predicted octanol–water partition coefficient (Wildman–Crippen LogP) is 4.17. The Labute approximate surface area is 99.6 Å². The molecule has 0 N–H and O–H groups in total. The quantitative estimate of drug-likeness (QED) is 0.644. The average Bonchev–Trinajstić information content (AvgIpc) is 2.38. The Bertz CT molecular complexity index is 358. The number of ether oxygens (including phenoxy) is 1. The maximum absolute atomic E-state index is 5.58. The summed E-state index contributed by atoms with van der Waals surface area (Å²) < 4.78 is 5.58. The molecule has 90 valence electrons. The Kier molecular flexibility index (Phi) is 2.49. The van der Waals surface area contributed by atoms with Crippen LogP contribution in [0.5, 0.6) is 0 Å². The van der Waals surface area contributed by atoms with Crippen molar-refractivity contribution in [2.45, 2.75) is 41.0 Å². The average molecular weight is 220 g/mol. The van der Waals surface area contributed by atoms with Crippen LogP contribution in [0.15, 0.2) is 23.5 Å². The topological polar surface area (TPSA) is 9.23 Å². The number of hydrogen-bond donors (Lipinski definition) is 0. The molecule has 0 saturated heterocycles. The molecule has 2 aliphatic rings. The number of fused-ring (bicyclic) bond motifs is 1. The van der Waals surface area contributed by atoms with E-state index in [2.05, 4.69) is 46.8 Å². The van der Waals surface area contributed by atoms with Crippen molar-refractivity contribution in [3.63, 3.8) is 0 Å². The fourth-order valence-corrected chi connectivity index (χ4v) is 3.53. The number of methoxy groups -OCH3 is 1. The number of rotatable bonds is 1. The van der Waals surface area contributed by atoms with Gasteiger partial charge >= 0.3 is 0 Å². The third-order valence-corrected chi connectivity index (χ3v) is 5.54. The first kappa shape index (κ1) is 11.8. The van der Waals surface area contributed by atoms with Crippen LogP contribution in [0, 0.1) is 22.7 Å².